The highest BCUT2D eigenvalue weighted by Crippen LogP contribution is 2.57. The van der Waals surface area contributed by atoms with Crippen molar-refractivity contribution in [3.63, 3.8) is 0 Å². The fraction of sp³-hybridized carbons (Fsp3) is 0.333. The van der Waals surface area contributed by atoms with Crippen LogP contribution in [-0.4, -0.2) is 0 Å². The summed E-state index contributed by atoms with van der Waals surface area (Å²) in [5, 5.41) is 0. The van der Waals surface area contributed by atoms with Crippen LogP contribution in [0.1, 0.15) is 61.5 Å². The Bertz CT molecular complexity index is 708. The van der Waals surface area contributed by atoms with Gasteiger partial charge in [-0.3, -0.25) is 0 Å². The molecule has 0 heterocycles. The molecule has 0 aromatic heterocycles. The summed E-state index contributed by atoms with van der Waals surface area (Å²) in [6, 6.07) is 22.5. The maximum atomic E-state index is 2.35. The standard InChI is InChI=1S/C24H24/c1-3-9-17(10-4-1)23-19-13-7-15-21(19)24(18-11-5-2-6-12-18)22-16-8-14-20(22)23/h1-6,9-12,23-24H,7-8,13-16H2. The summed E-state index contributed by atoms with van der Waals surface area (Å²) >= 11 is 0. The summed E-state index contributed by atoms with van der Waals surface area (Å²) in [5.74, 6) is 1.17. The average Bonchev–Trinajstić information content (AvgIpc) is 3.30. The van der Waals surface area contributed by atoms with Crippen molar-refractivity contribution in [2.45, 2.75) is 50.4 Å². The Balaban J connectivity index is 1.69. The van der Waals surface area contributed by atoms with E-state index in [-0.39, 0.29) is 0 Å². The van der Waals surface area contributed by atoms with Gasteiger partial charge in [-0.15, -0.1) is 0 Å². The zero-order valence-corrected chi connectivity index (χ0v) is 14.2. The molecule has 0 spiro atoms. The number of hydrogen-bond donors (Lipinski definition) is 0. The molecule has 2 aromatic rings. The maximum absolute atomic E-state index is 2.35. The van der Waals surface area contributed by atoms with E-state index in [1.807, 2.05) is 0 Å². The minimum atomic E-state index is 0.584. The van der Waals surface area contributed by atoms with Crippen LogP contribution in [0.15, 0.2) is 83.0 Å². The second-order valence-corrected chi connectivity index (χ2v) is 7.50. The minimum Gasteiger partial charge on any atom is -0.0622 e. The molecule has 0 unspecified atom stereocenters. The zero-order chi connectivity index (χ0) is 15.9. The van der Waals surface area contributed by atoms with Gasteiger partial charge in [0.15, 0.2) is 0 Å². The van der Waals surface area contributed by atoms with Crippen LogP contribution in [0.5, 0.6) is 0 Å². The first-order valence-corrected chi connectivity index (χ1v) is 9.47. The van der Waals surface area contributed by atoms with E-state index in [1.54, 1.807) is 22.3 Å². The molecule has 0 N–H and O–H groups in total. The molecule has 3 aliphatic rings. The Morgan fingerprint density at radius 3 is 1.12 bits per heavy atom. The van der Waals surface area contributed by atoms with Crippen molar-refractivity contribution in [1.29, 1.82) is 0 Å². The van der Waals surface area contributed by atoms with Crippen LogP contribution in [0.4, 0.5) is 0 Å². The highest BCUT2D eigenvalue weighted by molar-refractivity contribution is 5.56. The van der Waals surface area contributed by atoms with Crippen molar-refractivity contribution >= 4 is 0 Å². The molecule has 0 saturated heterocycles. The van der Waals surface area contributed by atoms with Gasteiger partial charge in [0.25, 0.3) is 0 Å². The minimum absolute atomic E-state index is 0.584. The first kappa shape index (κ1) is 14.3. The lowest BCUT2D eigenvalue weighted by Crippen LogP contribution is -2.17. The fourth-order valence-electron chi connectivity index (χ4n) is 5.42. The quantitative estimate of drug-likeness (QED) is 0.553. The normalized spacial score (nSPS) is 25.8. The molecule has 0 heteroatoms. The summed E-state index contributed by atoms with van der Waals surface area (Å²) in [4.78, 5) is 0. The molecule has 0 amide bonds. The third-order valence-corrected chi connectivity index (χ3v) is 6.27. The van der Waals surface area contributed by atoms with Gasteiger partial charge in [0.1, 0.15) is 0 Å². The lowest BCUT2D eigenvalue weighted by atomic mass is 9.70. The topological polar surface area (TPSA) is 0 Å². The molecule has 3 aliphatic carbocycles. The number of allylic oxidation sites excluding steroid dienone is 4. The zero-order valence-electron chi connectivity index (χ0n) is 14.2. The van der Waals surface area contributed by atoms with Gasteiger partial charge in [0.05, 0.1) is 0 Å². The number of rotatable bonds is 2. The highest BCUT2D eigenvalue weighted by Gasteiger charge is 2.40. The molecular weight excluding hydrogens is 288 g/mol. The summed E-state index contributed by atoms with van der Waals surface area (Å²) in [5.41, 5.74) is 10.1. The molecule has 0 fully saturated rings. The largest absolute Gasteiger partial charge is 0.0622 e. The van der Waals surface area contributed by atoms with Crippen molar-refractivity contribution in [2.24, 2.45) is 0 Å². The molecule has 0 radical (unpaired) electrons. The lowest BCUT2D eigenvalue weighted by Gasteiger charge is -2.34. The van der Waals surface area contributed by atoms with Gasteiger partial charge in [-0.1, -0.05) is 83.0 Å². The van der Waals surface area contributed by atoms with E-state index < -0.39 is 0 Å². The molecule has 0 aliphatic heterocycles. The SMILES string of the molecule is c1ccc(C2C3=C(CCC3)C(c3ccccc3)C3=C2CCC3)cc1. The Morgan fingerprint density at radius 1 is 0.458 bits per heavy atom. The predicted molar refractivity (Wildman–Crippen MR) is 100 cm³/mol. The summed E-state index contributed by atoms with van der Waals surface area (Å²) in [6.45, 7) is 0. The van der Waals surface area contributed by atoms with Crippen molar-refractivity contribution in [1.82, 2.24) is 0 Å². The third kappa shape index (κ3) is 2.13. The smallest absolute Gasteiger partial charge is 0.0263 e. The number of hydrogen-bond acceptors (Lipinski definition) is 0. The van der Waals surface area contributed by atoms with Gasteiger partial charge in [0.2, 0.25) is 0 Å². The molecule has 5 rings (SSSR count). The first-order valence-electron chi connectivity index (χ1n) is 9.47. The van der Waals surface area contributed by atoms with E-state index in [2.05, 4.69) is 60.7 Å². The van der Waals surface area contributed by atoms with Crippen molar-refractivity contribution in [2.75, 3.05) is 0 Å². The number of benzene rings is 2. The van der Waals surface area contributed by atoms with Crippen molar-refractivity contribution < 1.29 is 0 Å². The third-order valence-electron chi connectivity index (χ3n) is 6.27. The molecule has 0 atom stereocenters. The fourth-order valence-corrected chi connectivity index (χ4v) is 5.42. The predicted octanol–water partition coefficient (Wildman–Crippen LogP) is 6.53. The lowest BCUT2D eigenvalue weighted by molar-refractivity contribution is 0.762. The monoisotopic (exact) mass is 312 g/mol. The molecule has 0 bridgehead atoms. The van der Waals surface area contributed by atoms with Crippen LogP contribution in [0.25, 0.3) is 0 Å². The van der Waals surface area contributed by atoms with Crippen LogP contribution in [0, 0.1) is 0 Å². The van der Waals surface area contributed by atoms with E-state index in [4.69, 9.17) is 0 Å². The Hall–Kier alpha value is -2.08. The van der Waals surface area contributed by atoms with Gasteiger partial charge in [-0.05, 0) is 49.7 Å². The van der Waals surface area contributed by atoms with Gasteiger partial charge in [0, 0.05) is 11.8 Å². The summed E-state index contributed by atoms with van der Waals surface area (Å²) in [7, 11) is 0. The summed E-state index contributed by atoms with van der Waals surface area (Å²) in [6.07, 6.45) is 7.89. The van der Waals surface area contributed by atoms with Gasteiger partial charge < -0.3 is 0 Å². The average molecular weight is 312 g/mol. The highest BCUT2D eigenvalue weighted by atomic mass is 14.4. The Kier molecular flexibility index (Phi) is 3.43. The molecule has 120 valence electrons. The van der Waals surface area contributed by atoms with Crippen LogP contribution in [0.2, 0.25) is 0 Å². The van der Waals surface area contributed by atoms with Crippen LogP contribution in [0.3, 0.4) is 0 Å². The molecule has 2 aromatic carbocycles. The van der Waals surface area contributed by atoms with E-state index in [0.29, 0.717) is 11.8 Å². The molecule has 0 nitrogen and oxygen atoms in total. The second-order valence-electron chi connectivity index (χ2n) is 7.50. The second kappa shape index (κ2) is 5.77. The van der Waals surface area contributed by atoms with E-state index in [0.717, 1.165) is 0 Å². The summed E-state index contributed by atoms with van der Waals surface area (Å²) < 4.78 is 0. The van der Waals surface area contributed by atoms with Gasteiger partial charge >= 0.3 is 0 Å². The first-order chi connectivity index (χ1) is 11.9. The van der Waals surface area contributed by atoms with E-state index in [9.17, 15) is 0 Å². The maximum Gasteiger partial charge on any atom is 0.0263 e. The van der Waals surface area contributed by atoms with Crippen LogP contribution in [-0.2, 0) is 0 Å². The van der Waals surface area contributed by atoms with Gasteiger partial charge in [-0.2, -0.15) is 0 Å². The Morgan fingerprint density at radius 2 is 0.792 bits per heavy atom. The van der Waals surface area contributed by atoms with Crippen molar-refractivity contribution in [3.8, 4) is 0 Å². The Labute approximate surface area is 144 Å². The van der Waals surface area contributed by atoms with Crippen LogP contribution < -0.4 is 0 Å². The van der Waals surface area contributed by atoms with Crippen LogP contribution >= 0.6 is 0 Å². The van der Waals surface area contributed by atoms with E-state index in [1.165, 1.54) is 49.7 Å². The molecular formula is C24H24. The van der Waals surface area contributed by atoms with E-state index >= 15 is 0 Å². The molecule has 0 saturated carbocycles. The van der Waals surface area contributed by atoms with Gasteiger partial charge in [-0.25, -0.2) is 0 Å². The van der Waals surface area contributed by atoms with Crippen molar-refractivity contribution in [3.05, 3.63) is 94.1 Å². The molecule has 24 heavy (non-hydrogen) atoms.